The molecule has 0 bridgehead atoms. The van der Waals surface area contributed by atoms with E-state index in [-0.39, 0.29) is 6.17 Å². The van der Waals surface area contributed by atoms with Gasteiger partial charge in [-0.05, 0) is 76.3 Å². The van der Waals surface area contributed by atoms with Crippen LogP contribution in [0, 0.1) is 0 Å². The zero-order valence-electron chi connectivity index (χ0n) is 30.3. The first-order chi connectivity index (χ1) is 27.7. The predicted molar refractivity (Wildman–Crippen MR) is 231 cm³/mol. The molecule has 0 fully saturated rings. The molecule has 264 valence electrons. The molecule has 1 aliphatic heterocycles. The molecule has 1 N–H and O–H groups in total. The summed E-state index contributed by atoms with van der Waals surface area (Å²) in [6.07, 6.45) is -0.281. The minimum absolute atomic E-state index is 0.281. The fourth-order valence-electron chi connectivity index (χ4n) is 8.17. The van der Waals surface area contributed by atoms with Crippen LogP contribution in [-0.2, 0) is 0 Å². The van der Waals surface area contributed by atoms with Crippen LogP contribution in [-0.4, -0.2) is 16.2 Å². The highest BCUT2D eigenvalue weighted by Crippen LogP contribution is 2.38. The Hall–Kier alpha value is -7.50. The zero-order valence-corrected chi connectivity index (χ0v) is 30.3. The van der Waals surface area contributed by atoms with Crippen LogP contribution in [0.5, 0.6) is 0 Å². The molecule has 1 unspecified atom stereocenters. The van der Waals surface area contributed by atoms with Gasteiger partial charge < -0.3 is 14.3 Å². The van der Waals surface area contributed by atoms with Crippen LogP contribution in [0.4, 0.5) is 0 Å². The third-order valence-electron chi connectivity index (χ3n) is 10.9. The van der Waals surface area contributed by atoms with Crippen molar-refractivity contribution in [2.75, 3.05) is 0 Å². The molecular weight excluding hydrogens is 685 g/mol. The van der Waals surface area contributed by atoms with Gasteiger partial charge in [-0.1, -0.05) is 146 Å². The minimum atomic E-state index is -0.281. The summed E-state index contributed by atoms with van der Waals surface area (Å²) in [7, 11) is 0. The summed E-state index contributed by atoms with van der Waals surface area (Å²) in [4.78, 5) is 10.3. The number of nitrogens with zero attached hydrogens (tertiary/aromatic N) is 3. The van der Waals surface area contributed by atoms with Gasteiger partial charge in [-0.25, -0.2) is 9.98 Å². The van der Waals surface area contributed by atoms with Crippen LogP contribution in [0.1, 0.15) is 22.9 Å². The SMILES string of the molecule is c1ccc(C2=NC(c3cccc4oc5cc(-c6ccc(-n7c8ccccc8c8cc(-c9ccccc9)ccc87)cc6)ccc5c34)=NC(c3ccccc3)N2)cc1. The van der Waals surface area contributed by atoms with Gasteiger partial charge in [0.1, 0.15) is 23.2 Å². The molecule has 0 radical (unpaired) electrons. The average Bonchev–Trinajstić information content (AvgIpc) is 3.82. The van der Waals surface area contributed by atoms with Gasteiger partial charge in [-0.2, -0.15) is 0 Å². The number of aromatic nitrogens is 1. The van der Waals surface area contributed by atoms with Crippen molar-refractivity contribution in [2.45, 2.75) is 6.17 Å². The molecule has 3 heterocycles. The molecule has 5 nitrogen and oxygen atoms in total. The topological polar surface area (TPSA) is 54.8 Å². The third kappa shape index (κ3) is 5.40. The number of rotatable bonds is 6. The van der Waals surface area contributed by atoms with Gasteiger partial charge >= 0.3 is 0 Å². The Morgan fingerprint density at radius 2 is 1.11 bits per heavy atom. The lowest BCUT2D eigenvalue weighted by atomic mass is 10.0. The first kappa shape index (κ1) is 32.0. The van der Waals surface area contributed by atoms with Crippen molar-refractivity contribution in [2.24, 2.45) is 9.98 Å². The van der Waals surface area contributed by atoms with Crippen molar-refractivity contribution >= 4 is 55.4 Å². The van der Waals surface area contributed by atoms with E-state index in [1.165, 1.54) is 32.9 Å². The van der Waals surface area contributed by atoms with Gasteiger partial charge in [0.05, 0.1) is 11.0 Å². The molecular formula is C51H34N4O. The van der Waals surface area contributed by atoms with Crippen molar-refractivity contribution in [3.05, 3.63) is 211 Å². The molecule has 5 heteroatoms. The minimum Gasteiger partial charge on any atom is -0.456 e. The van der Waals surface area contributed by atoms with Crippen LogP contribution in [0.15, 0.2) is 209 Å². The van der Waals surface area contributed by atoms with Crippen molar-refractivity contribution in [3.8, 4) is 27.9 Å². The summed E-state index contributed by atoms with van der Waals surface area (Å²) in [6.45, 7) is 0. The molecule has 0 saturated carbocycles. The van der Waals surface area contributed by atoms with Gasteiger partial charge in [0, 0.05) is 38.4 Å². The van der Waals surface area contributed by atoms with Crippen molar-refractivity contribution < 1.29 is 4.42 Å². The third-order valence-corrected chi connectivity index (χ3v) is 10.9. The first-order valence-electron chi connectivity index (χ1n) is 18.9. The smallest absolute Gasteiger partial charge is 0.160 e. The summed E-state index contributed by atoms with van der Waals surface area (Å²) in [5.74, 6) is 1.46. The first-order valence-corrected chi connectivity index (χ1v) is 18.9. The number of furan rings is 1. The van der Waals surface area contributed by atoms with Gasteiger partial charge in [-0.3, -0.25) is 0 Å². The highest BCUT2D eigenvalue weighted by atomic mass is 16.3. The molecule has 1 aliphatic rings. The maximum Gasteiger partial charge on any atom is 0.160 e. The second-order valence-electron chi connectivity index (χ2n) is 14.2. The largest absolute Gasteiger partial charge is 0.456 e. The Morgan fingerprint density at radius 1 is 0.464 bits per heavy atom. The number of para-hydroxylation sites is 1. The lowest BCUT2D eigenvalue weighted by Crippen LogP contribution is -2.33. The Morgan fingerprint density at radius 3 is 1.91 bits per heavy atom. The van der Waals surface area contributed by atoms with Crippen LogP contribution in [0.3, 0.4) is 0 Å². The molecule has 1 atom stereocenters. The molecule has 8 aromatic carbocycles. The second kappa shape index (κ2) is 13.1. The summed E-state index contributed by atoms with van der Waals surface area (Å²) in [6, 6.07) is 68.1. The van der Waals surface area contributed by atoms with Gasteiger partial charge in [0.25, 0.3) is 0 Å². The van der Waals surface area contributed by atoms with Crippen molar-refractivity contribution in [3.63, 3.8) is 0 Å². The monoisotopic (exact) mass is 718 g/mol. The summed E-state index contributed by atoms with van der Waals surface area (Å²) >= 11 is 0. The highest BCUT2D eigenvalue weighted by Gasteiger charge is 2.23. The molecule has 56 heavy (non-hydrogen) atoms. The fourth-order valence-corrected chi connectivity index (χ4v) is 8.17. The van der Waals surface area contributed by atoms with E-state index in [0.717, 1.165) is 61.3 Å². The average molecular weight is 719 g/mol. The van der Waals surface area contributed by atoms with Crippen LogP contribution < -0.4 is 5.32 Å². The predicted octanol–water partition coefficient (Wildman–Crippen LogP) is 12.5. The molecule has 11 rings (SSSR count). The number of nitrogens with one attached hydrogen (secondary N) is 1. The van der Waals surface area contributed by atoms with E-state index in [4.69, 9.17) is 14.4 Å². The van der Waals surface area contributed by atoms with E-state index in [1.807, 2.05) is 48.5 Å². The molecule has 2 aromatic heterocycles. The van der Waals surface area contributed by atoms with E-state index in [9.17, 15) is 0 Å². The molecule has 0 spiro atoms. The van der Waals surface area contributed by atoms with Crippen molar-refractivity contribution in [1.29, 1.82) is 0 Å². The number of fused-ring (bicyclic) bond motifs is 6. The van der Waals surface area contributed by atoms with Crippen LogP contribution >= 0.6 is 0 Å². The van der Waals surface area contributed by atoms with E-state index >= 15 is 0 Å². The molecule has 0 aliphatic carbocycles. The van der Waals surface area contributed by atoms with E-state index in [1.54, 1.807) is 0 Å². The molecule has 0 amide bonds. The second-order valence-corrected chi connectivity index (χ2v) is 14.2. The summed E-state index contributed by atoms with van der Waals surface area (Å²) < 4.78 is 8.93. The Balaban J connectivity index is 0.973. The van der Waals surface area contributed by atoms with E-state index in [0.29, 0.717) is 5.84 Å². The zero-order chi connectivity index (χ0) is 37.0. The van der Waals surface area contributed by atoms with Crippen LogP contribution in [0.25, 0.3) is 71.7 Å². The highest BCUT2D eigenvalue weighted by molar-refractivity contribution is 6.22. The summed E-state index contributed by atoms with van der Waals surface area (Å²) in [5.41, 5.74) is 12.8. The Bertz CT molecular complexity index is 3140. The van der Waals surface area contributed by atoms with Gasteiger partial charge in [0.15, 0.2) is 5.84 Å². The number of hydrogen-bond donors (Lipinski definition) is 1. The quantitative estimate of drug-likeness (QED) is 0.186. The molecule has 10 aromatic rings. The van der Waals surface area contributed by atoms with E-state index in [2.05, 4.69) is 155 Å². The molecule has 0 saturated heterocycles. The van der Waals surface area contributed by atoms with Crippen molar-refractivity contribution in [1.82, 2.24) is 9.88 Å². The number of hydrogen-bond acceptors (Lipinski definition) is 4. The maximum atomic E-state index is 6.57. The fraction of sp³-hybridized carbons (Fsp3) is 0.0196. The number of amidine groups is 2. The van der Waals surface area contributed by atoms with E-state index < -0.39 is 0 Å². The number of benzene rings is 8. The number of aliphatic imine (C=N–C) groups is 2. The summed E-state index contributed by atoms with van der Waals surface area (Å²) in [5, 5.41) is 8.09. The van der Waals surface area contributed by atoms with Gasteiger partial charge in [-0.15, -0.1) is 0 Å². The standard InChI is InChI=1S/C51H34N4O/c1-4-13-33(14-5-1)37-26-30-45-43(31-37)40-19-10-11-21-44(40)55(45)39-27-23-34(24-28-39)38-25-29-41-47(32-38)56-46-22-12-20-42(48(41)46)51-53-49(35-15-6-2-7-16-35)52-50(54-51)36-17-8-3-9-18-36/h1-32,49H,(H,52,53,54). The lowest BCUT2D eigenvalue weighted by molar-refractivity contribution is 0.668. The Kier molecular flexibility index (Phi) is 7.49. The van der Waals surface area contributed by atoms with Gasteiger partial charge in [0.2, 0.25) is 0 Å². The normalized spacial score (nSPS) is 14.2. The lowest BCUT2D eigenvalue weighted by Gasteiger charge is -2.23. The maximum absolute atomic E-state index is 6.57. The van der Waals surface area contributed by atoms with Crippen LogP contribution in [0.2, 0.25) is 0 Å². The Labute approximate surface area is 323 Å².